The number of nitrogens with one attached hydrogen (secondary N) is 2. The predicted octanol–water partition coefficient (Wildman–Crippen LogP) is -1.08. The third kappa shape index (κ3) is 7.30. The Labute approximate surface area is 102 Å². The highest BCUT2D eigenvalue weighted by atomic mass is 32.2. The standard InChI is InChI=1S/C10H20N2O4S/c1-17(14,15)6-2-3-12-10(13)7-9-8-11-4-5-16-9/h9,11H,2-8H2,1H3,(H,12,13). The van der Waals surface area contributed by atoms with Crippen LogP contribution in [0.3, 0.4) is 0 Å². The Hall–Kier alpha value is -0.660. The maximum atomic E-state index is 11.5. The number of rotatable bonds is 6. The molecular formula is C10H20N2O4S. The Morgan fingerprint density at radius 1 is 1.53 bits per heavy atom. The smallest absolute Gasteiger partial charge is 0.222 e. The molecule has 0 radical (unpaired) electrons. The van der Waals surface area contributed by atoms with Gasteiger partial charge in [-0.15, -0.1) is 0 Å². The first kappa shape index (κ1) is 14.4. The molecule has 0 aromatic heterocycles. The van der Waals surface area contributed by atoms with Crippen molar-refractivity contribution < 1.29 is 17.9 Å². The third-order valence-corrected chi connectivity index (χ3v) is 3.46. The third-order valence-electron chi connectivity index (χ3n) is 2.43. The van der Waals surface area contributed by atoms with Crippen molar-refractivity contribution in [1.29, 1.82) is 0 Å². The average molecular weight is 264 g/mol. The van der Waals surface area contributed by atoms with Crippen LogP contribution in [-0.4, -0.2) is 58.7 Å². The van der Waals surface area contributed by atoms with Crippen LogP contribution in [0.5, 0.6) is 0 Å². The van der Waals surface area contributed by atoms with Gasteiger partial charge >= 0.3 is 0 Å². The van der Waals surface area contributed by atoms with Crippen LogP contribution in [0.4, 0.5) is 0 Å². The van der Waals surface area contributed by atoms with Crippen molar-refractivity contribution in [3.8, 4) is 0 Å². The number of carbonyl (C=O) groups is 1. The lowest BCUT2D eigenvalue weighted by Crippen LogP contribution is -2.41. The summed E-state index contributed by atoms with van der Waals surface area (Å²) in [5.74, 6) is 0.0154. The molecule has 0 aromatic rings. The minimum atomic E-state index is -2.94. The van der Waals surface area contributed by atoms with E-state index < -0.39 is 9.84 Å². The molecule has 0 spiro atoms. The molecular weight excluding hydrogens is 244 g/mol. The van der Waals surface area contributed by atoms with Crippen LogP contribution in [0.2, 0.25) is 0 Å². The van der Waals surface area contributed by atoms with E-state index in [1.807, 2.05) is 0 Å². The van der Waals surface area contributed by atoms with E-state index in [-0.39, 0.29) is 17.8 Å². The fourth-order valence-electron chi connectivity index (χ4n) is 1.59. The first-order valence-electron chi connectivity index (χ1n) is 5.74. The zero-order chi connectivity index (χ0) is 12.7. The fourth-order valence-corrected chi connectivity index (χ4v) is 2.26. The number of amides is 1. The molecule has 1 heterocycles. The van der Waals surface area contributed by atoms with Gasteiger partial charge in [-0.25, -0.2) is 8.42 Å². The minimum Gasteiger partial charge on any atom is -0.375 e. The summed E-state index contributed by atoms with van der Waals surface area (Å²) in [5.41, 5.74) is 0. The molecule has 100 valence electrons. The van der Waals surface area contributed by atoms with Crippen molar-refractivity contribution in [3.05, 3.63) is 0 Å². The van der Waals surface area contributed by atoms with Crippen LogP contribution >= 0.6 is 0 Å². The van der Waals surface area contributed by atoms with Crippen molar-refractivity contribution in [2.75, 3.05) is 38.2 Å². The van der Waals surface area contributed by atoms with Crippen molar-refractivity contribution in [2.24, 2.45) is 0 Å². The first-order chi connectivity index (χ1) is 7.97. The van der Waals surface area contributed by atoms with E-state index in [4.69, 9.17) is 4.74 Å². The number of hydrogen-bond donors (Lipinski definition) is 2. The molecule has 1 amide bonds. The molecule has 17 heavy (non-hydrogen) atoms. The molecule has 0 aromatic carbocycles. The summed E-state index contributed by atoms with van der Waals surface area (Å²) in [4.78, 5) is 11.5. The van der Waals surface area contributed by atoms with E-state index in [2.05, 4.69) is 10.6 Å². The minimum absolute atomic E-state index is 0.0707. The summed E-state index contributed by atoms with van der Waals surface area (Å²) in [6.07, 6.45) is 1.90. The lowest BCUT2D eigenvalue weighted by molar-refractivity contribution is -0.124. The second-order valence-electron chi connectivity index (χ2n) is 4.23. The van der Waals surface area contributed by atoms with Gasteiger partial charge in [0.2, 0.25) is 5.91 Å². The maximum Gasteiger partial charge on any atom is 0.222 e. The summed E-state index contributed by atoms with van der Waals surface area (Å²) in [6.45, 7) is 2.54. The molecule has 1 atom stereocenters. The molecule has 0 saturated carbocycles. The van der Waals surface area contributed by atoms with Gasteiger partial charge in [0.05, 0.1) is 24.9 Å². The number of morpholine rings is 1. The van der Waals surface area contributed by atoms with Gasteiger partial charge in [0.15, 0.2) is 0 Å². The molecule has 1 fully saturated rings. The average Bonchev–Trinajstić information content (AvgIpc) is 2.25. The van der Waals surface area contributed by atoms with E-state index in [0.717, 1.165) is 6.54 Å². The Balaban J connectivity index is 2.08. The zero-order valence-corrected chi connectivity index (χ0v) is 10.9. The largest absolute Gasteiger partial charge is 0.375 e. The lowest BCUT2D eigenvalue weighted by atomic mass is 10.2. The lowest BCUT2D eigenvalue weighted by Gasteiger charge is -2.23. The Morgan fingerprint density at radius 3 is 2.88 bits per heavy atom. The van der Waals surface area contributed by atoms with Crippen LogP contribution < -0.4 is 10.6 Å². The van der Waals surface area contributed by atoms with Crippen LogP contribution in [0, 0.1) is 0 Å². The molecule has 1 aliphatic heterocycles. The van der Waals surface area contributed by atoms with Gasteiger partial charge in [0.1, 0.15) is 9.84 Å². The van der Waals surface area contributed by atoms with Gasteiger partial charge in [-0.1, -0.05) is 0 Å². The molecule has 2 N–H and O–H groups in total. The summed E-state index contributed by atoms with van der Waals surface area (Å²) in [6, 6.07) is 0. The summed E-state index contributed by atoms with van der Waals surface area (Å²) in [5, 5.41) is 5.83. The van der Waals surface area contributed by atoms with Crippen LogP contribution in [-0.2, 0) is 19.4 Å². The van der Waals surface area contributed by atoms with E-state index in [0.29, 0.717) is 32.5 Å². The van der Waals surface area contributed by atoms with Gasteiger partial charge < -0.3 is 15.4 Å². The molecule has 0 aliphatic carbocycles. The fraction of sp³-hybridized carbons (Fsp3) is 0.900. The SMILES string of the molecule is CS(=O)(=O)CCCNC(=O)CC1CNCCO1. The molecule has 6 nitrogen and oxygen atoms in total. The van der Waals surface area contributed by atoms with Gasteiger partial charge in [-0.2, -0.15) is 0 Å². The monoisotopic (exact) mass is 264 g/mol. The highest BCUT2D eigenvalue weighted by molar-refractivity contribution is 7.90. The number of hydrogen-bond acceptors (Lipinski definition) is 5. The second-order valence-corrected chi connectivity index (χ2v) is 6.49. The molecule has 1 rings (SSSR count). The maximum absolute atomic E-state index is 11.5. The Kier molecular flexibility index (Phi) is 5.87. The van der Waals surface area contributed by atoms with Crippen LogP contribution in [0.1, 0.15) is 12.8 Å². The first-order valence-corrected chi connectivity index (χ1v) is 7.80. The number of carbonyl (C=O) groups excluding carboxylic acids is 1. The van der Waals surface area contributed by atoms with E-state index >= 15 is 0 Å². The second kappa shape index (κ2) is 6.93. The van der Waals surface area contributed by atoms with Crippen molar-refractivity contribution >= 4 is 15.7 Å². The summed E-state index contributed by atoms with van der Waals surface area (Å²) in [7, 11) is -2.94. The van der Waals surface area contributed by atoms with Crippen molar-refractivity contribution in [3.63, 3.8) is 0 Å². The van der Waals surface area contributed by atoms with Crippen LogP contribution in [0.25, 0.3) is 0 Å². The van der Waals surface area contributed by atoms with Gasteiger partial charge in [0.25, 0.3) is 0 Å². The summed E-state index contributed by atoms with van der Waals surface area (Å²) >= 11 is 0. The number of ether oxygens (including phenoxy) is 1. The zero-order valence-electron chi connectivity index (χ0n) is 10.1. The van der Waals surface area contributed by atoms with Gasteiger partial charge in [-0.05, 0) is 6.42 Å². The topological polar surface area (TPSA) is 84.5 Å². The number of sulfone groups is 1. The normalized spacial score (nSPS) is 21.1. The highest BCUT2D eigenvalue weighted by Crippen LogP contribution is 2.00. The quantitative estimate of drug-likeness (QED) is 0.596. The van der Waals surface area contributed by atoms with Gasteiger partial charge in [-0.3, -0.25) is 4.79 Å². The van der Waals surface area contributed by atoms with Crippen molar-refractivity contribution in [2.45, 2.75) is 18.9 Å². The Morgan fingerprint density at radius 2 is 2.29 bits per heavy atom. The molecule has 1 unspecified atom stereocenters. The van der Waals surface area contributed by atoms with Crippen molar-refractivity contribution in [1.82, 2.24) is 10.6 Å². The predicted molar refractivity (Wildman–Crippen MR) is 64.6 cm³/mol. The highest BCUT2D eigenvalue weighted by Gasteiger charge is 2.16. The van der Waals surface area contributed by atoms with Crippen LogP contribution in [0.15, 0.2) is 0 Å². The Bertz CT molecular complexity index is 336. The van der Waals surface area contributed by atoms with E-state index in [1.54, 1.807) is 0 Å². The molecule has 7 heteroatoms. The van der Waals surface area contributed by atoms with E-state index in [9.17, 15) is 13.2 Å². The van der Waals surface area contributed by atoms with Gasteiger partial charge in [0, 0.05) is 25.9 Å². The molecule has 1 aliphatic rings. The summed E-state index contributed by atoms with van der Waals surface area (Å²) < 4.78 is 27.1. The van der Waals surface area contributed by atoms with E-state index in [1.165, 1.54) is 6.26 Å². The molecule has 1 saturated heterocycles. The molecule has 0 bridgehead atoms.